The summed E-state index contributed by atoms with van der Waals surface area (Å²) in [6.45, 7) is 12.6. The van der Waals surface area contributed by atoms with E-state index < -0.39 is 0 Å². The van der Waals surface area contributed by atoms with Crippen molar-refractivity contribution in [3.63, 3.8) is 0 Å². The molecule has 0 aliphatic rings. The number of rotatable bonds is 4. The molecule has 0 aromatic carbocycles. The van der Waals surface area contributed by atoms with E-state index in [0.717, 1.165) is 6.54 Å². The minimum atomic E-state index is -0.163. The van der Waals surface area contributed by atoms with Gasteiger partial charge in [0.05, 0.1) is 6.04 Å². The highest BCUT2D eigenvalue weighted by Gasteiger charge is 2.17. The standard InChI is InChI=1S/C12H24N2O/c1-9(2)7-8-13-10(3)11(15)14-12(4,5)6/h7,10,13H,8H2,1-6H3,(H,14,15). The Morgan fingerprint density at radius 3 is 2.27 bits per heavy atom. The lowest BCUT2D eigenvalue weighted by Crippen LogP contribution is -2.49. The first-order valence-corrected chi connectivity index (χ1v) is 5.41. The van der Waals surface area contributed by atoms with Gasteiger partial charge in [0.2, 0.25) is 5.91 Å². The molecule has 0 radical (unpaired) electrons. The molecule has 1 atom stereocenters. The number of nitrogens with one attached hydrogen (secondary N) is 2. The molecule has 1 amide bonds. The highest BCUT2D eigenvalue weighted by atomic mass is 16.2. The molecule has 0 aliphatic heterocycles. The van der Waals surface area contributed by atoms with Crippen molar-refractivity contribution >= 4 is 5.91 Å². The van der Waals surface area contributed by atoms with Crippen LogP contribution < -0.4 is 10.6 Å². The van der Waals surface area contributed by atoms with Gasteiger partial charge >= 0.3 is 0 Å². The monoisotopic (exact) mass is 212 g/mol. The molecule has 1 unspecified atom stereocenters. The number of carbonyl (C=O) groups excluding carboxylic acids is 1. The average Bonchev–Trinajstić information content (AvgIpc) is 1.99. The van der Waals surface area contributed by atoms with Crippen molar-refractivity contribution in [3.05, 3.63) is 11.6 Å². The number of hydrogen-bond donors (Lipinski definition) is 2. The summed E-state index contributed by atoms with van der Waals surface area (Å²) in [5.74, 6) is 0.0460. The number of carbonyl (C=O) groups is 1. The molecule has 0 heterocycles. The van der Waals surface area contributed by atoms with Crippen LogP contribution in [0.2, 0.25) is 0 Å². The topological polar surface area (TPSA) is 41.1 Å². The fraction of sp³-hybridized carbons (Fsp3) is 0.750. The normalized spacial score (nSPS) is 13.2. The molecule has 0 saturated carbocycles. The summed E-state index contributed by atoms with van der Waals surface area (Å²) in [5.41, 5.74) is 1.09. The van der Waals surface area contributed by atoms with Crippen LogP contribution in [0.5, 0.6) is 0 Å². The Bertz CT molecular complexity index is 234. The smallest absolute Gasteiger partial charge is 0.237 e. The molecule has 0 rings (SSSR count). The molecule has 2 N–H and O–H groups in total. The lowest BCUT2D eigenvalue weighted by Gasteiger charge is -2.23. The highest BCUT2D eigenvalue weighted by molar-refractivity contribution is 5.81. The molecule has 0 aromatic rings. The summed E-state index contributed by atoms with van der Waals surface area (Å²) < 4.78 is 0. The van der Waals surface area contributed by atoms with Crippen LogP contribution in [0.15, 0.2) is 11.6 Å². The van der Waals surface area contributed by atoms with E-state index in [0.29, 0.717) is 0 Å². The molecule has 0 aliphatic carbocycles. The minimum Gasteiger partial charge on any atom is -0.350 e. The Labute approximate surface area is 93.3 Å². The maximum Gasteiger partial charge on any atom is 0.237 e. The van der Waals surface area contributed by atoms with Gasteiger partial charge in [0, 0.05) is 12.1 Å². The van der Waals surface area contributed by atoms with Crippen molar-refractivity contribution in [1.29, 1.82) is 0 Å². The van der Waals surface area contributed by atoms with Gasteiger partial charge in [-0.3, -0.25) is 4.79 Å². The van der Waals surface area contributed by atoms with Crippen LogP contribution in [0.1, 0.15) is 41.5 Å². The first kappa shape index (κ1) is 14.2. The third-order valence-corrected chi connectivity index (χ3v) is 1.83. The number of amides is 1. The first-order chi connectivity index (χ1) is 6.72. The molecule has 15 heavy (non-hydrogen) atoms. The summed E-state index contributed by atoms with van der Waals surface area (Å²) in [6, 6.07) is -0.153. The molecule has 0 fully saturated rings. The largest absolute Gasteiger partial charge is 0.350 e. The van der Waals surface area contributed by atoms with Crippen molar-refractivity contribution in [3.8, 4) is 0 Å². The summed E-state index contributed by atoms with van der Waals surface area (Å²) in [5, 5.41) is 6.08. The van der Waals surface area contributed by atoms with Crippen LogP contribution in [-0.2, 0) is 4.79 Å². The minimum absolute atomic E-state index is 0.0460. The second-order valence-electron chi connectivity index (χ2n) is 5.15. The Balaban J connectivity index is 3.95. The zero-order valence-electron chi connectivity index (χ0n) is 10.8. The number of hydrogen-bond acceptors (Lipinski definition) is 2. The maximum absolute atomic E-state index is 11.6. The van der Waals surface area contributed by atoms with Gasteiger partial charge in [-0.15, -0.1) is 0 Å². The van der Waals surface area contributed by atoms with E-state index in [1.54, 1.807) is 0 Å². The Morgan fingerprint density at radius 1 is 1.33 bits per heavy atom. The molecular weight excluding hydrogens is 188 g/mol. The van der Waals surface area contributed by atoms with E-state index in [9.17, 15) is 4.79 Å². The van der Waals surface area contributed by atoms with Crippen LogP contribution in [0.25, 0.3) is 0 Å². The van der Waals surface area contributed by atoms with Gasteiger partial charge in [-0.1, -0.05) is 11.6 Å². The highest BCUT2D eigenvalue weighted by Crippen LogP contribution is 1.99. The second-order valence-corrected chi connectivity index (χ2v) is 5.15. The maximum atomic E-state index is 11.6. The molecule has 88 valence electrons. The quantitative estimate of drug-likeness (QED) is 0.698. The Hall–Kier alpha value is -0.830. The summed E-state index contributed by atoms with van der Waals surface area (Å²) in [6.07, 6.45) is 2.07. The van der Waals surface area contributed by atoms with Crippen molar-refractivity contribution in [2.24, 2.45) is 0 Å². The van der Waals surface area contributed by atoms with Gasteiger partial charge in [0.1, 0.15) is 0 Å². The van der Waals surface area contributed by atoms with Crippen LogP contribution >= 0.6 is 0 Å². The molecular formula is C12H24N2O. The Morgan fingerprint density at radius 2 is 1.87 bits per heavy atom. The van der Waals surface area contributed by atoms with Gasteiger partial charge < -0.3 is 10.6 Å². The summed E-state index contributed by atoms with van der Waals surface area (Å²) in [7, 11) is 0. The van der Waals surface area contributed by atoms with Crippen molar-refractivity contribution in [2.75, 3.05) is 6.54 Å². The van der Waals surface area contributed by atoms with Crippen LogP contribution in [0.3, 0.4) is 0 Å². The zero-order valence-corrected chi connectivity index (χ0v) is 10.8. The van der Waals surface area contributed by atoms with Gasteiger partial charge in [0.25, 0.3) is 0 Å². The molecule has 0 spiro atoms. The van der Waals surface area contributed by atoms with E-state index in [1.807, 2.05) is 41.5 Å². The lowest BCUT2D eigenvalue weighted by molar-refractivity contribution is -0.124. The predicted molar refractivity (Wildman–Crippen MR) is 64.8 cm³/mol. The summed E-state index contributed by atoms with van der Waals surface area (Å²) >= 11 is 0. The van der Waals surface area contributed by atoms with Gasteiger partial charge in [0.15, 0.2) is 0 Å². The van der Waals surface area contributed by atoms with Crippen LogP contribution in [-0.4, -0.2) is 24.0 Å². The molecule has 0 aromatic heterocycles. The van der Waals surface area contributed by atoms with E-state index in [-0.39, 0.29) is 17.5 Å². The summed E-state index contributed by atoms with van der Waals surface area (Å²) in [4.78, 5) is 11.6. The predicted octanol–water partition coefficient (Wildman–Crippen LogP) is 1.85. The van der Waals surface area contributed by atoms with E-state index in [4.69, 9.17) is 0 Å². The van der Waals surface area contributed by atoms with Crippen LogP contribution in [0, 0.1) is 0 Å². The Kier molecular flexibility index (Phi) is 5.58. The zero-order chi connectivity index (χ0) is 12.1. The third-order valence-electron chi connectivity index (χ3n) is 1.83. The van der Waals surface area contributed by atoms with E-state index >= 15 is 0 Å². The number of allylic oxidation sites excluding steroid dienone is 1. The van der Waals surface area contributed by atoms with Crippen LogP contribution in [0.4, 0.5) is 0 Å². The van der Waals surface area contributed by atoms with Gasteiger partial charge in [-0.2, -0.15) is 0 Å². The van der Waals surface area contributed by atoms with Crippen molar-refractivity contribution in [2.45, 2.75) is 53.1 Å². The van der Waals surface area contributed by atoms with E-state index in [1.165, 1.54) is 5.57 Å². The fourth-order valence-electron chi connectivity index (χ4n) is 1.01. The fourth-order valence-corrected chi connectivity index (χ4v) is 1.01. The molecule has 3 nitrogen and oxygen atoms in total. The lowest BCUT2D eigenvalue weighted by atomic mass is 10.1. The van der Waals surface area contributed by atoms with Crippen molar-refractivity contribution < 1.29 is 4.79 Å². The van der Waals surface area contributed by atoms with Crippen molar-refractivity contribution in [1.82, 2.24) is 10.6 Å². The van der Waals surface area contributed by atoms with E-state index in [2.05, 4.69) is 16.7 Å². The second kappa shape index (κ2) is 5.91. The molecule has 0 bridgehead atoms. The molecule has 3 heteroatoms. The van der Waals surface area contributed by atoms with Gasteiger partial charge in [-0.25, -0.2) is 0 Å². The van der Waals surface area contributed by atoms with Gasteiger partial charge in [-0.05, 0) is 41.5 Å². The first-order valence-electron chi connectivity index (χ1n) is 5.41. The third kappa shape index (κ3) is 8.18. The SMILES string of the molecule is CC(C)=CCNC(C)C(=O)NC(C)(C)C. The molecule has 0 saturated heterocycles. The average molecular weight is 212 g/mol.